The number of esters is 1. The fraction of sp³-hybridized carbons (Fsp3) is 0.500. The minimum Gasteiger partial charge on any atom is -0.452 e. The number of rotatable bonds is 6. The summed E-state index contributed by atoms with van der Waals surface area (Å²) in [5.41, 5.74) is 0.535. The molecule has 1 saturated carbocycles. The number of nitrogens with one attached hydrogen (secondary N) is 1. The van der Waals surface area contributed by atoms with E-state index in [-0.39, 0.29) is 36.6 Å². The van der Waals surface area contributed by atoms with Crippen LogP contribution in [0.15, 0.2) is 24.3 Å². The first kappa shape index (κ1) is 20.3. The Bertz CT molecular complexity index is 755. The monoisotopic (exact) mass is 406 g/mol. The van der Waals surface area contributed by atoms with Gasteiger partial charge in [0.25, 0.3) is 5.91 Å². The molecule has 1 N–H and O–H groups in total. The van der Waals surface area contributed by atoms with E-state index in [1.807, 2.05) is 0 Å². The standard InChI is InChI=1S/C20H23ClN2O5/c1-12(18(25)22-14-8-6-13(21)7-9-14)28-17(24)10-11-23-19(26)15-4-2-3-5-16(15)20(23)27/h6-9,12,15-16H,2-5,10-11H2,1H3,(H,22,25)/t12-,15+,16+/m1/s1. The zero-order valence-corrected chi connectivity index (χ0v) is 16.4. The molecule has 1 saturated heterocycles. The van der Waals surface area contributed by atoms with E-state index in [1.54, 1.807) is 24.3 Å². The molecule has 8 heteroatoms. The quantitative estimate of drug-likeness (QED) is 0.579. The summed E-state index contributed by atoms with van der Waals surface area (Å²) < 4.78 is 5.13. The number of halogens is 1. The molecule has 1 heterocycles. The molecule has 2 aliphatic rings. The number of imide groups is 1. The maximum atomic E-state index is 12.4. The highest BCUT2D eigenvalue weighted by atomic mass is 35.5. The molecule has 7 nitrogen and oxygen atoms in total. The number of anilines is 1. The minimum absolute atomic E-state index is 0.00494. The van der Waals surface area contributed by atoms with Crippen molar-refractivity contribution in [3.63, 3.8) is 0 Å². The van der Waals surface area contributed by atoms with Crippen LogP contribution in [0.4, 0.5) is 5.69 Å². The van der Waals surface area contributed by atoms with Gasteiger partial charge in [-0.25, -0.2) is 0 Å². The molecule has 0 spiro atoms. The molecule has 0 aromatic heterocycles. The molecule has 150 valence electrons. The fourth-order valence-corrected chi connectivity index (χ4v) is 3.87. The lowest BCUT2D eigenvalue weighted by Gasteiger charge is -2.19. The van der Waals surface area contributed by atoms with Gasteiger partial charge < -0.3 is 10.1 Å². The van der Waals surface area contributed by atoms with E-state index in [9.17, 15) is 19.2 Å². The van der Waals surface area contributed by atoms with Crippen LogP contribution in [0.3, 0.4) is 0 Å². The smallest absolute Gasteiger partial charge is 0.308 e. The van der Waals surface area contributed by atoms with Crippen molar-refractivity contribution in [2.45, 2.75) is 45.1 Å². The van der Waals surface area contributed by atoms with Gasteiger partial charge in [-0.05, 0) is 44.0 Å². The van der Waals surface area contributed by atoms with E-state index in [0.29, 0.717) is 10.7 Å². The van der Waals surface area contributed by atoms with Gasteiger partial charge in [-0.3, -0.25) is 24.1 Å². The summed E-state index contributed by atoms with van der Waals surface area (Å²) in [6.45, 7) is 1.46. The molecule has 2 fully saturated rings. The zero-order valence-electron chi connectivity index (χ0n) is 15.7. The number of ether oxygens (including phenoxy) is 1. The van der Waals surface area contributed by atoms with Crippen LogP contribution in [0.2, 0.25) is 5.02 Å². The third-order valence-corrected chi connectivity index (χ3v) is 5.51. The summed E-state index contributed by atoms with van der Waals surface area (Å²) in [6.07, 6.45) is 2.24. The molecule has 3 amide bonds. The summed E-state index contributed by atoms with van der Waals surface area (Å²) in [6, 6.07) is 6.54. The Morgan fingerprint density at radius 2 is 1.71 bits per heavy atom. The molecule has 1 aromatic rings. The third-order valence-electron chi connectivity index (χ3n) is 5.26. The molecule has 28 heavy (non-hydrogen) atoms. The zero-order chi connectivity index (χ0) is 20.3. The second-order valence-corrected chi connectivity index (χ2v) is 7.64. The summed E-state index contributed by atoms with van der Waals surface area (Å²) >= 11 is 5.79. The van der Waals surface area contributed by atoms with Crippen molar-refractivity contribution in [2.75, 3.05) is 11.9 Å². The van der Waals surface area contributed by atoms with Crippen molar-refractivity contribution >= 4 is 41.0 Å². The lowest BCUT2D eigenvalue weighted by Crippen LogP contribution is -2.35. The minimum atomic E-state index is -1.00. The van der Waals surface area contributed by atoms with Crippen molar-refractivity contribution in [1.82, 2.24) is 4.90 Å². The maximum Gasteiger partial charge on any atom is 0.308 e. The number of nitrogens with zero attached hydrogens (tertiary/aromatic N) is 1. The van der Waals surface area contributed by atoms with Gasteiger partial charge in [0, 0.05) is 17.3 Å². The lowest BCUT2D eigenvalue weighted by molar-refractivity contribution is -0.154. The number of hydrogen-bond donors (Lipinski definition) is 1. The highest BCUT2D eigenvalue weighted by Crippen LogP contribution is 2.37. The Hall–Kier alpha value is -2.41. The van der Waals surface area contributed by atoms with E-state index >= 15 is 0 Å². The molecule has 0 unspecified atom stereocenters. The van der Waals surface area contributed by atoms with Crippen molar-refractivity contribution in [3.05, 3.63) is 29.3 Å². The van der Waals surface area contributed by atoms with Gasteiger partial charge in [0.2, 0.25) is 11.8 Å². The van der Waals surface area contributed by atoms with Crippen LogP contribution in [0.5, 0.6) is 0 Å². The Kier molecular flexibility index (Phi) is 6.34. The summed E-state index contributed by atoms with van der Waals surface area (Å²) in [7, 11) is 0. The third kappa shape index (κ3) is 4.52. The number of carbonyl (C=O) groups excluding carboxylic acids is 4. The molecular weight excluding hydrogens is 384 g/mol. The van der Waals surface area contributed by atoms with Crippen LogP contribution in [0.25, 0.3) is 0 Å². The average Bonchev–Trinajstić information content (AvgIpc) is 2.92. The molecule has 0 bridgehead atoms. The number of hydrogen-bond acceptors (Lipinski definition) is 5. The first-order valence-electron chi connectivity index (χ1n) is 9.48. The molecule has 0 radical (unpaired) electrons. The van der Waals surface area contributed by atoms with E-state index in [2.05, 4.69) is 5.32 Å². The van der Waals surface area contributed by atoms with Gasteiger partial charge in [0.15, 0.2) is 6.10 Å². The summed E-state index contributed by atoms with van der Waals surface area (Å²) in [5.74, 6) is -1.95. The van der Waals surface area contributed by atoms with Crippen LogP contribution >= 0.6 is 11.6 Å². The SMILES string of the molecule is C[C@@H](OC(=O)CCN1C(=O)[C@H]2CCCC[C@@H]2C1=O)C(=O)Nc1ccc(Cl)cc1. The van der Waals surface area contributed by atoms with E-state index in [4.69, 9.17) is 16.3 Å². The maximum absolute atomic E-state index is 12.4. The molecule has 3 atom stereocenters. The number of fused-ring (bicyclic) bond motifs is 1. The van der Waals surface area contributed by atoms with Crippen LogP contribution in [0, 0.1) is 11.8 Å². The average molecular weight is 407 g/mol. The molecule has 1 aromatic carbocycles. The van der Waals surface area contributed by atoms with Crippen LogP contribution in [-0.4, -0.2) is 41.2 Å². The number of carbonyl (C=O) groups is 4. The number of benzene rings is 1. The molecule has 1 aliphatic carbocycles. The van der Waals surface area contributed by atoms with Crippen LogP contribution in [0.1, 0.15) is 39.0 Å². The molecular formula is C20H23ClN2O5. The predicted molar refractivity (Wildman–Crippen MR) is 102 cm³/mol. The van der Waals surface area contributed by atoms with Gasteiger partial charge in [0.1, 0.15) is 0 Å². The van der Waals surface area contributed by atoms with Crippen molar-refractivity contribution in [2.24, 2.45) is 11.8 Å². The molecule has 1 aliphatic heterocycles. The predicted octanol–water partition coefficient (Wildman–Crippen LogP) is 2.78. The summed E-state index contributed by atoms with van der Waals surface area (Å²) in [5, 5.41) is 3.17. The highest BCUT2D eigenvalue weighted by Gasteiger charge is 2.47. The fourth-order valence-electron chi connectivity index (χ4n) is 3.74. The largest absolute Gasteiger partial charge is 0.452 e. The van der Waals surface area contributed by atoms with Gasteiger partial charge in [-0.2, -0.15) is 0 Å². The highest BCUT2D eigenvalue weighted by molar-refractivity contribution is 6.30. The Morgan fingerprint density at radius 1 is 1.14 bits per heavy atom. The van der Waals surface area contributed by atoms with Gasteiger partial charge in [-0.15, -0.1) is 0 Å². The lowest BCUT2D eigenvalue weighted by atomic mass is 9.81. The van der Waals surface area contributed by atoms with Crippen molar-refractivity contribution < 1.29 is 23.9 Å². The summed E-state index contributed by atoms with van der Waals surface area (Å²) in [4.78, 5) is 50.2. The van der Waals surface area contributed by atoms with Gasteiger partial charge >= 0.3 is 5.97 Å². The normalized spacial score (nSPS) is 22.6. The Balaban J connectivity index is 1.47. The van der Waals surface area contributed by atoms with E-state index in [1.165, 1.54) is 11.8 Å². The first-order valence-corrected chi connectivity index (χ1v) is 9.85. The van der Waals surface area contributed by atoms with Crippen LogP contribution in [-0.2, 0) is 23.9 Å². The first-order chi connectivity index (χ1) is 13.4. The number of amides is 3. The topological polar surface area (TPSA) is 92.8 Å². The number of likely N-dealkylation sites (tertiary alicyclic amines) is 1. The van der Waals surface area contributed by atoms with Gasteiger partial charge in [-0.1, -0.05) is 24.4 Å². The van der Waals surface area contributed by atoms with Crippen molar-refractivity contribution in [1.29, 1.82) is 0 Å². The molecule has 3 rings (SSSR count). The second kappa shape index (κ2) is 8.73. The van der Waals surface area contributed by atoms with Crippen LogP contribution < -0.4 is 5.32 Å². The second-order valence-electron chi connectivity index (χ2n) is 7.20. The van der Waals surface area contributed by atoms with Crippen molar-refractivity contribution in [3.8, 4) is 0 Å². The van der Waals surface area contributed by atoms with Gasteiger partial charge in [0.05, 0.1) is 18.3 Å². The van der Waals surface area contributed by atoms with E-state index < -0.39 is 18.0 Å². The van der Waals surface area contributed by atoms with E-state index in [0.717, 1.165) is 25.7 Å². The Labute approximate surface area is 168 Å². The Morgan fingerprint density at radius 3 is 2.29 bits per heavy atom.